The van der Waals surface area contributed by atoms with Crippen molar-refractivity contribution in [2.24, 2.45) is 0 Å². The molecule has 1 fully saturated rings. The average Bonchev–Trinajstić information content (AvgIpc) is 2.86. The molecule has 0 saturated carbocycles. The van der Waals surface area contributed by atoms with Gasteiger partial charge >= 0.3 is 6.03 Å². The lowest BCUT2D eigenvalue weighted by Crippen LogP contribution is -2.43. The maximum atomic E-state index is 12.2. The van der Waals surface area contributed by atoms with Crippen LogP contribution in [-0.4, -0.2) is 57.2 Å². The summed E-state index contributed by atoms with van der Waals surface area (Å²) in [5.74, 6) is 1.56. The molecule has 23 heavy (non-hydrogen) atoms. The van der Waals surface area contributed by atoms with E-state index in [2.05, 4.69) is 5.32 Å². The van der Waals surface area contributed by atoms with Gasteiger partial charge in [-0.3, -0.25) is 0 Å². The van der Waals surface area contributed by atoms with Crippen LogP contribution >= 0.6 is 0 Å². The summed E-state index contributed by atoms with van der Waals surface area (Å²) in [6.45, 7) is 1.46. The lowest BCUT2D eigenvalue weighted by Gasteiger charge is -2.22. The highest BCUT2D eigenvalue weighted by Gasteiger charge is 2.29. The third-order valence-corrected chi connectivity index (χ3v) is 5.70. The lowest BCUT2D eigenvalue weighted by molar-refractivity contribution is 0.171. The first-order valence-corrected chi connectivity index (χ1v) is 9.36. The second kappa shape index (κ2) is 6.27. The van der Waals surface area contributed by atoms with Gasteiger partial charge in [0.05, 0.1) is 11.5 Å². The Morgan fingerprint density at radius 3 is 2.74 bits per heavy atom. The topological polar surface area (TPSA) is 84.9 Å². The van der Waals surface area contributed by atoms with Crippen molar-refractivity contribution < 1.29 is 22.7 Å². The van der Waals surface area contributed by atoms with E-state index in [0.717, 1.165) is 5.56 Å². The quantitative estimate of drug-likeness (QED) is 0.879. The van der Waals surface area contributed by atoms with Crippen LogP contribution in [0.15, 0.2) is 18.2 Å². The van der Waals surface area contributed by atoms with Crippen molar-refractivity contribution >= 4 is 15.9 Å². The highest BCUT2D eigenvalue weighted by atomic mass is 32.2. The van der Waals surface area contributed by atoms with E-state index in [1.54, 1.807) is 7.05 Å². The molecule has 1 unspecified atom stereocenters. The predicted octanol–water partition coefficient (Wildman–Crippen LogP) is 0.786. The second-order valence-electron chi connectivity index (χ2n) is 5.88. The minimum Gasteiger partial charge on any atom is -0.486 e. The van der Waals surface area contributed by atoms with E-state index in [4.69, 9.17) is 9.47 Å². The number of rotatable bonds is 3. The summed E-state index contributed by atoms with van der Waals surface area (Å²) in [6.07, 6.45) is 0.478. The molecule has 3 rings (SSSR count). The zero-order valence-corrected chi connectivity index (χ0v) is 13.8. The summed E-state index contributed by atoms with van der Waals surface area (Å²) >= 11 is 0. The lowest BCUT2D eigenvalue weighted by atomic mass is 10.2. The van der Waals surface area contributed by atoms with Crippen molar-refractivity contribution in [2.75, 3.05) is 31.8 Å². The summed E-state index contributed by atoms with van der Waals surface area (Å²) in [7, 11) is -1.32. The van der Waals surface area contributed by atoms with Crippen LogP contribution in [0.4, 0.5) is 4.79 Å². The highest BCUT2D eigenvalue weighted by molar-refractivity contribution is 7.91. The van der Waals surface area contributed by atoms with Gasteiger partial charge in [0.2, 0.25) is 0 Å². The molecular formula is C15H20N2O5S. The van der Waals surface area contributed by atoms with Gasteiger partial charge in [0, 0.05) is 19.6 Å². The number of hydrogen-bond acceptors (Lipinski definition) is 5. The maximum absolute atomic E-state index is 12.2. The number of nitrogens with one attached hydrogen (secondary N) is 1. The van der Waals surface area contributed by atoms with Crippen molar-refractivity contribution in [2.45, 2.75) is 19.0 Å². The van der Waals surface area contributed by atoms with Crippen LogP contribution < -0.4 is 14.8 Å². The molecule has 126 valence electrons. The Kier molecular flexibility index (Phi) is 4.34. The van der Waals surface area contributed by atoms with Gasteiger partial charge in [-0.2, -0.15) is 0 Å². The monoisotopic (exact) mass is 340 g/mol. The molecule has 0 aromatic heterocycles. The molecule has 1 aromatic carbocycles. The molecule has 2 amide bonds. The van der Waals surface area contributed by atoms with Gasteiger partial charge in [0.1, 0.15) is 13.2 Å². The van der Waals surface area contributed by atoms with Crippen LogP contribution in [0, 0.1) is 0 Å². The fourth-order valence-corrected chi connectivity index (χ4v) is 4.40. The minimum absolute atomic E-state index is 0.0244. The Morgan fingerprint density at radius 2 is 2.04 bits per heavy atom. The fraction of sp³-hybridized carbons (Fsp3) is 0.533. The first-order valence-electron chi connectivity index (χ1n) is 7.53. The zero-order valence-electron chi connectivity index (χ0n) is 12.9. The Bertz CT molecular complexity index is 704. The number of nitrogens with zero attached hydrogens (tertiary/aromatic N) is 1. The standard InChI is InChI=1S/C15H20N2O5S/c1-17(15(18)16-12-4-7-23(19,20)10-12)9-11-2-3-13-14(8-11)22-6-5-21-13/h2-3,8,12H,4-7,9-10H2,1H3,(H,16,18). The number of carbonyl (C=O) groups excluding carboxylic acids is 1. The third kappa shape index (κ3) is 3.87. The molecule has 0 aliphatic carbocycles. The first-order chi connectivity index (χ1) is 10.9. The van der Waals surface area contributed by atoms with E-state index in [1.807, 2.05) is 18.2 Å². The molecule has 2 heterocycles. The zero-order chi connectivity index (χ0) is 16.4. The molecule has 0 radical (unpaired) electrons. The van der Waals surface area contributed by atoms with Crippen molar-refractivity contribution in [3.05, 3.63) is 23.8 Å². The van der Waals surface area contributed by atoms with E-state index in [9.17, 15) is 13.2 Å². The van der Waals surface area contributed by atoms with Gasteiger partial charge in [-0.25, -0.2) is 13.2 Å². The number of ether oxygens (including phenoxy) is 2. The highest BCUT2D eigenvalue weighted by Crippen LogP contribution is 2.31. The van der Waals surface area contributed by atoms with Gasteiger partial charge < -0.3 is 19.7 Å². The van der Waals surface area contributed by atoms with E-state index in [1.165, 1.54) is 4.90 Å². The van der Waals surface area contributed by atoms with Gasteiger partial charge in [-0.1, -0.05) is 6.07 Å². The molecule has 1 atom stereocenters. The summed E-state index contributed by atoms with van der Waals surface area (Å²) in [6, 6.07) is 5.01. The fourth-order valence-electron chi connectivity index (χ4n) is 2.73. The smallest absolute Gasteiger partial charge is 0.317 e. The number of amides is 2. The van der Waals surface area contributed by atoms with E-state index in [0.29, 0.717) is 37.7 Å². The van der Waals surface area contributed by atoms with E-state index < -0.39 is 9.84 Å². The summed E-state index contributed by atoms with van der Waals surface area (Å²) < 4.78 is 33.8. The summed E-state index contributed by atoms with van der Waals surface area (Å²) in [4.78, 5) is 13.7. The van der Waals surface area contributed by atoms with Crippen LogP contribution in [0.5, 0.6) is 11.5 Å². The van der Waals surface area contributed by atoms with Crippen molar-refractivity contribution in [3.8, 4) is 11.5 Å². The number of sulfone groups is 1. The Balaban J connectivity index is 1.58. The van der Waals surface area contributed by atoms with Crippen LogP contribution in [0.25, 0.3) is 0 Å². The van der Waals surface area contributed by atoms with Crippen LogP contribution in [-0.2, 0) is 16.4 Å². The predicted molar refractivity (Wildman–Crippen MR) is 84.5 cm³/mol. The molecular weight excluding hydrogens is 320 g/mol. The Hall–Kier alpha value is -1.96. The molecule has 1 saturated heterocycles. The number of fused-ring (bicyclic) bond motifs is 1. The number of hydrogen-bond donors (Lipinski definition) is 1. The van der Waals surface area contributed by atoms with Gasteiger partial charge in [-0.15, -0.1) is 0 Å². The number of benzene rings is 1. The van der Waals surface area contributed by atoms with Crippen molar-refractivity contribution in [1.29, 1.82) is 0 Å². The molecule has 7 nitrogen and oxygen atoms in total. The molecule has 2 aliphatic rings. The summed E-state index contributed by atoms with van der Waals surface area (Å²) in [5, 5.41) is 2.77. The molecule has 0 spiro atoms. The normalized spacial score (nSPS) is 21.7. The maximum Gasteiger partial charge on any atom is 0.317 e. The third-order valence-electron chi connectivity index (χ3n) is 3.93. The molecule has 8 heteroatoms. The van der Waals surface area contributed by atoms with Crippen LogP contribution in [0.3, 0.4) is 0 Å². The Morgan fingerprint density at radius 1 is 1.30 bits per heavy atom. The molecule has 2 aliphatic heterocycles. The molecule has 0 bridgehead atoms. The van der Waals surface area contributed by atoms with Crippen LogP contribution in [0.1, 0.15) is 12.0 Å². The average molecular weight is 340 g/mol. The van der Waals surface area contributed by atoms with Crippen molar-refractivity contribution in [3.63, 3.8) is 0 Å². The first kappa shape index (κ1) is 15.9. The molecule has 1 N–H and O–H groups in total. The van der Waals surface area contributed by atoms with Crippen LogP contribution in [0.2, 0.25) is 0 Å². The van der Waals surface area contributed by atoms with Crippen molar-refractivity contribution in [1.82, 2.24) is 10.2 Å². The molecule has 1 aromatic rings. The number of urea groups is 1. The SMILES string of the molecule is CN(Cc1ccc2c(c1)OCCO2)C(=O)NC1CCS(=O)(=O)C1. The van der Waals surface area contributed by atoms with Gasteiger partial charge in [-0.05, 0) is 24.1 Å². The Labute approximate surface area is 135 Å². The number of carbonyl (C=O) groups is 1. The summed E-state index contributed by atoms with van der Waals surface area (Å²) in [5.41, 5.74) is 0.922. The van der Waals surface area contributed by atoms with Gasteiger partial charge in [0.15, 0.2) is 21.3 Å². The van der Waals surface area contributed by atoms with Gasteiger partial charge in [0.25, 0.3) is 0 Å². The largest absolute Gasteiger partial charge is 0.486 e. The second-order valence-corrected chi connectivity index (χ2v) is 8.11. The van der Waals surface area contributed by atoms with E-state index >= 15 is 0 Å². The minimum atomic E-state index is -3.00. The van der Waals surface area contributed by atoms with E-state index in [-0.39, 0.29) is 23.6 Å².